The molecule has 0 saturated carbocycles. The molecule has 19 heavy (non-hydrogen) atoms. The molecule has 4 heteroatoms. The van der Waals surface area contributed by atoms with Crippen molar-refractivity contribution in [3.05, 3.63) is 0 Å². The maximum Gasteiger partial charge on any atom is 0.0866 e. The number of nitrogens with zero attached hydrogens (tertiary/aromatic N) is 2. The van der Waals surface area contributed by atoms with E-state index in [9.17, 15) is 5.11 Å². The van der Waals surface area contributed by atoms with Crippen LogP contribution in [0.5, 0.6) is 0 Å². The number of aliphatic hydroxyl groups is 1. The number of nitrogens with one attached hydrogen (secondary N) is 1. The minimum Gasteiger partial charge on any atom is -0.393 e. The summed E-state index contributed by atoms with van der Waals surface area (Å²) in [6.07, 6.45) is 2.88. The van der Waals surface area contributed by atoms with Gasteiger partial charge in [0, 0.05) is 19.1 Å². The molecule has 4 nitrogen and oxygen atoms in total. The SMILES string of the molecule is CCCNC1CC(CC(O)C(C)C)CN(CC#N)C1. The van der Waals surface area contributed by atoms with Gasteiger partial charge in [0.05, 0.1) is 18.7 Å². The second-order valence-electron chi connectivity index (χ2n) is 6.15. The Morgan fingerprint density at radius 1 is 1.42 bits per heavy atom. The number of rotatable bonds is 7. The molecule has 0 aromatic rings. The molecular formula is C15H29N3O. The smallest absolute Gasteiger partial charge is 0.0866 e. The Kier molecular flexibility index (Phi) is 7.37. The van der Waals surface area contributed by atoms with Gasteiger partial charge in [-0.2, -0.15) is 5.26 Å². The zero-order chi connectivity index (χ0) is 14.3. The van der Waals surface area contributed by atoms with Crippen LogP contribution in [-0.4, -0.2) is 48.3 Å². The quantitative estimate of drug-likeness (QED) is 0.688. The molecule has 0 amide bonds. The van der Waals surface area contributed by atoms with Crippen LogP contribution in [0.25, 0.3) is 0 Å². The van der Waals surface area contributed by atoms with Crippen molar-refractivity contribution < 1.29 is 5.11 Å². The molecule has 0 radical (unpaired) electrons. The van der Waals surface area contributed by atoms with Gasteiger partial charge in [0.2, 0.25) is 0 Å². The van der Waals surface area contributed by atoms with Gasteiger partial charge >= 0.3 is 0 Å². The van der Waals surface area contributed by atoms with Crippen LogP contribution in [0.1, 0.15) is 40.0 Å². The number of piperidine rings is 1. The second kappa shape index (κ2) is 8.52. The summed E-state index contributed by atoms with van der Waals surface area (Å²) < 4.78 is 0. The van der Waals surface area contributed by atoms with Crippen molar-refractivity contribution in [3.8, 4) is 6.07 Å². The molecular weight excluding hydrogens is 238 g/mol. The first-order valence-corrected chi connectivity index (χ1v) is 7.57. The highest BCUT2D eigenvalue weighted by molar-refractivity contribution is 4.88. The predicted octanol–water partition coefficient (Wildman–Crippen LogP) is 1.61. The van der Waals surface area contributed by atoms with Gasteiger partial charge in [-0.3, -0.25) is 4.90 Å². The van der Waals surface area contributed by atoms with Crippen molar-refractivity contribution in [2.45, 2.75) is 52.2 Å². The third-order valence-electron chi connectivity index (χ3n) is 3.93. The number of likely N-dealkylation sites (tertiary alicyclic amines) is 1. The third kappa shape index (κ3) is 5.90. The molecule has 2 N–H and O–H groups in total. The van der Waals surface area contributed by atoms with Crippen LogP contribution < -0.4 is 5.32 Å². The fraction of sp³-hybridized carbons (Fsp3) is 0.933. The summed E-state index contributed by atoms with van der Waals surface area (Å²) in [6, 6.07) is 2.71. The number of hydrogen-bond acceptors (Lipinski definition) is 4. The highest BCUT2D eigenvalue weighted by Crippen LogP contribution is 2.23. The average Bonchev–Trinajstić information content (AvgIpc) is 2.36. The zero-order valence-electron chi connectivity index (χ0n) is 12.6. The Morgan fingerprint density at radius 2 is 2.16 bits per heavy atom. The first-order chi connectivity index (χ1) is 9.06. The van der Waals surface area contributed by atoms with Gasteiger partial charge in [-0.15, -0.1) is 0 Å². The summed E-state index contributed by atoms with van der Waals surface area (Å²) in [5.74, 6) is 0.808. The second-order valence-corrected chi connectivity index (χ2v) is 6.15. The Hall–Kier alpha value is -0.630. The molecule has 0 bridgehead atoms. The maximum atomic E-state index is 10.1. The van der Waals surface area contributed by atoms with Crippen LogP contribution in [-0.2, 0) is 0 Å². The van der Waals surface area contributed by atoms with E-state index in [-0.39, 0.29) is 6.10 Å². The van der Waals surface area contributed by atoms with Crippen LogP contribution in [0.3, 0.4) is 0 Å². The first kappa shape index (κ1) is 16.4. The maximum absolute atomic E-state index is 10.1. The van der Waals surface area contributed by atoms with Crippen LogP contribution in [0.15, 0.2) is 0 Å². The van der Waals surface area contributed by atoms with E-state index in [1.807, 2.05) is 0 Å². The van der Waals surface area contributed by atoms with Crippen molar-refractivity contribution in [2.24, 2.45) is 11.8 Å². The minimum atomic E-state index is -0.223. The molecule has 1 heterocycles. The van der Waals surface area contributed by atoms with Crippen molar-refractivity contribution in [1.82, 2.24) is 10.2 Å². The highest BCUT2D eigenvalue weighted by Gasteiger charge is 2.28. The normalized spacial score (nSPS) is 26.3. The lowest BCUT2D eigenvalue weighted by Gasteiger charge is -2.38. The van der Waals surface area contributed by atoms with Crippen LogP contribution in [0, 0.1) is 23.2 Å². The summed E-state index contributed by atoms with van der Waals surface area (Å²) in [5.41, 5.74) is 0. The van der Waals surface area contributed by atoms with E-state index in [1.54, 1.807) is 0 Å². The number of nitriles is 1. The van der Waals surface area contributed by atoms with Crippen LogP contribution >= 0.6 is 0 Å². The third-order valence-corrected chi connectivity index (χ3v) is 3.93. The van der Waals surface area contributed by atoms with E-state index in [0.717, 1.165) is 38.9 Å². The fourth-order valence-electron chi connectivity index (χ4n) is 2.81. The lowest BCUT2D eigenvalue weighted by molar-refractivity contribution is 0.0654. The van der Waals surface area contributed by atoms with Gasteiger partial charge < -0.3 is 10.4 Å². The molecule has 0 aliphatic carbocycles. The van der Waals surface area contributed by atoms with Gasteiger partial charge in [-0.25, -0.2) is 0 Å². The zero-order valence-corrected chi connectivity index (χ0v) is 12.6. The molecule has 3 atom stereocenters. The predicted molar refractivity (Wildman–Crippen MR) is 77.7 cm³/mol. The van der Waals surface area contributed by atoms with Crippen LogP contribution in [0.2, 0.25) is 0 Å². The summed E-state index contributed by atoms with van der Waals surface area (Å²) in [7, 11) is 0. The topological polar surface area (TPSA) is 59.3 Å². The first-order valence-electron chi connectivity index (χ1n) is 7.57. The summed E-state index contributed by atoms with van der Waals surface area (Å²) in [5, 5.41) is 22.5. The lowest BCUT2D eigenvalue weighted by Crippen LogP contribution is -2.50. The molecule has 1 saturated heterocycles. The van der Waals surface area contributed by atoms with Gasteiger partial charge in [0.1, 0.15) is 0 Å². The van der Waals surface area contributed by atoms with E-state index in [2.05, 4.69) is 37.1 Å². The fourth-order valence-corrected chi connectivity index (χ4v) is 2.81. The molecule has 3 unspecified atom stereocenters. The Labute approximate surface area is 117 Å². The number of hydrogen-bond donors (Lipinski definition) is 2. The lowest BCUT2D eigenvalue weighted by atomic mass is 9.86. The van der Waals surface area contributed by atoms with Crippen molar-refractivity contribution >= 4 is 0 Å². The molecule has 0 aromatic carbocycles. The Balaban J connectivity index is 2.52. The Morgan fingerprint density at radius 3 is 2.74 bits per heavy atom. The molecule has 0 spiro atoms. The standard InChI is InChI=1S/C15H29N3O/c1-4-6-17-14-8-13(9-15(19)12(2)3)10-18(11-14)7-5-16/h12-15,17,19H,4,6-11H2,1-3H3. The van der Waals surface area contributed by atoms with E-state index in [1.165, 1.54) is 0 Å². The Bertz CT molecular complexity index is 288. The molecule has 1 aliphatic rings. The van der Waals surface area contributed by atoms with Gasteiger partial charge in [-0.05, 0) is 37.6 Å². The van der Waals surface area contributed by atoms with E-state index >= 15 is 0 Å². The highest BCUT2D eigenvalue weighted by atomic mass is 16.3. The van der Waals surface area contributed by atoms with Crippen molar-refractivity contribution in [1.29, 1.82) is 5.26 Å². The van der Waals surface area contributed by atoms with Gasteiger partial charge in [0.25, 0.3) is 0 Å². The van der Waals surface area contributed by atoms with E-state index in [4.69, 9.17) is 5.26 Å². The molecule has 110 valence electrons. The summed E-state index contributed by atoms with van der Waals surface area (Å²) in [6.45, 7) is 9.73. The monoisotopic (exact) mass is 267 g/mol. The molecule has 1 aliphatic heterocycles. The van der Waals surface area contributed by atoms with Crippen LogP contribution in [0.4, 0.5) is 0 Å². The number of aliphatic hydroxyl groups excluding tert-OH is 1. The minimum absolute atomic E-state index is 0.223. The van der Waals surface area contributed by atoms with Crippen molar-refractivity contribution in [2.75, 3.05) is 26.2 Å². The summed E-state index contributed by atoms with van der Waals surface area (Å²) >= 11 is 0. The summed E-state index contributed by atoms with van der Waals surface area (Å²) in [4.78, 5) is 2.22. The van der Waals surface area contributed by atoms with E-state index in [0.29, 0.717) is 24.4 Å². The molecule has 0 aromatic heterocycles. The van der Waals surface area contributed by atoms with E-state index < -0.39 is 0 Å². The van der Waals surface area contributed by atoms with Crippen molar-refractivity contribution in [3.63, 3.8) is 0 Å². The molecule has 1 fully saturated rings. The largest absolute Gasteiger partial charge is 0.393 e. The average molecular weight is 267 g/mol. The van der Waals surface area contributed by atoms with Gasteiger partial charge in [-0.1, -0.05) is 20.8 Å². The molecule has 1 rings (SSSR count). The van der Waals surface area contributed by atoms with Gasteiger partial charge in [0.15, 0.2) is 0 Å².